The number of nitrogens with one attached hydrogen (secondary N) is 1. The summed E-state index contributed by atoms with van der Waals surface area (Å²) in [7, 11) is 0. The van der Waals surface area contributed by atoms with Gasteiger partial charge < -0.3 is 15.0 Å². The molecule has 1 fully saturated rings. The Morgan fingerprint density at radius 3 is 2.66 bits per heavy atom. The molecule has 7 nitrogen and oxygen atoms in total. The molecule has 186 valence electrons. The number of nitrogens with zero attached hydrogens (tertiary/aromatic N) is 3. The average molecular weight is 507 g/mol. The van der Waals surface area contributed by atoms with Gasteiger partial charge in [-0.05, 0) is 43.5 Å². The van der Waals surface area contributed by atoms with Crippen molar-refractivity contribution in [3.63, 3.8) is 0 Å². The standard InChI is InChI=1S/C24H25F3N4O3S/c1-14-19-22(29-18-5-3-2-4-8-31(18)23(19)33)35-20(14)21(32)28-16-13-15(24(25,26)27)6-7-17(16)30-9-11-34-12-10-30/h6-7,13H,2-5,8-12H2,1H3,(H,28,32). The van der Waals surface area contributed by atoms with Crippen molar-refractivity contribution in [1.29, 1.82) is 0 Å². The molecule has 0 atom stereocenters. The quantitative estimate of drug-likeness (QED) is 0.562. The van der Waals surface area contributed by atoms with Crippen LogP contribution in [0.15, 0.2) is 23.0 Å². The highest BCUT2D eigenvalue weighted by Gasteiger charge is 2.32. The van der Waals surface area contributed by atoms with Crippen molar-refractivity contribution in [2.75, 3.05) is 36.5 Å². The summed E-state index contributed by atoms with van der Waals surface area (Å²) in [6.45, 7) is 4.19. The number of carbonyl (C=O) groups is 1. The number of aryl methyl sites for hydroxylation is 2. The van der Waals surface area contributed by atoms with E-state index in [1.165, 1.54) is 6.07 Å². The lowest BCUT2D eigenvalue weighted by atomic mass is 10.1. The number of hydrogen-bond acceptors (Lipinski definition) is 6. The fourth-order valence-electron chi connectivity index (χ4n) is 4.70. The zero-order valence-corrected chi connectivity index (χ0v) is 20.0. The van der Waals surface area contributed by atoms with Gasteiger partial charge in [0, 0.05) is 26.1 Å². The number of thiophene rings is 1. The summed E-state index contributed by atoms with van der Waals surface area (Å²) in [5.74, 6) is 0.166. The molecular weight excluding hydrogens is 481 g/mol. The zero-order chi connectivity index (χ0) is 24.7. The molecule has 2 aromatic heterocycles. The lowest BCUT2D eigenvalue weighted by Gasteiger charge is -2.31. The molecule has 3 aromatic rings. The second-order valence-corrected chi connectivity index (χ2v) is 9.81. The maximum atomic E-state index is 13.4. The van der Waals surface area contributed by atoms with E-state index >= 15 is 0 Å². The molecule has 2 aliphatic heterocycles. The van der Waals surface area contributed by atoms with E-state index in [0.29, 0.717) is 60.7 Å². The molecule has 0 spiro atoms. The molecule has 0 radical (unpaired) electrons. The van der Waals surface area contributed by atoms with E-state index < -0.39 is 17.6 Å². The lowest BCUT2D eigenvalue weighted by Crippen LogP contribution is -2.36. The molecular formula is C24H25F3N4O3S. The van der Waals surface area contributed by atoms with Gasteiger partial charge in [-0.25, -0.2) is 4.98 Å². The van der Waals surface area contributed by atoms with Gasteiger partial charge in [0.15, 0.2) is 0 Å². The summed E-state index contributed by atoms with van der Waals surface area (Å²) in [5.41, 5.74) is 0.0658. The first-order chi connectivity index (χ1) is 16.7. The summed E-state index contributed by atoms with van der Waals surface area (Å²) in [6.07, 6.45) is -0.957. The van der Waals surface area contributed by atoms with Crippen molar-refractivity contribution < 1.29 is 22.7 Å². The molecule has 4 heterocycles. The largest absolute Gasteiger partial charge is 0.416 e. The van der Waals surface area contributed by atoms with Gasteiger partial charge in [0.1, 0.15) is 10.7 Å². The van der Waals surface area contributed by atoms with Crippen molar-refractivity contribution in [3.05, 3.63) is 50.4 Å². The Morgan fingerprint density at radius 1 is 1.14 bits per heavy atom. The van der Waals surface area contributed by atoms with Gasteiger partial charge >= 0.3 is 6.18 Å². The van der Waals surface area contributed by atoms with Crippen LogP contribution in [0.3, 0.4) is 0 Å². The topological polar surface area (TPSA) is 76.5 Å². The Morgan fingerprint density at radius 2 is 1.91 bits per heavy atom. The van der Waals surface area contributed by atoms with Crippen LogP contribution in [-0.2, 0) is 23.9 Å². The molecule has 2 aliphatic rings. The number of alkyl halides is 3. The van der Waals surface area contributed by atoms with Gasteiger partial charge in [0.25, 0.3) is 11.5 Å². The zero-order valence-electron chi connectivity index (χ0n) is 19.2. The van der Waals surface area contributed by atoms with Crippen LogP contribution < -0.4 is 15.8 Å². The second kappa shape index (κ2) is 9.27. The molecule has 1 aromatic carbocycles. The predicted octanol–water partition coefficient (Wildman–Crippen LogP) is 4.60. The number of anilines is 2. The molecule has 11 heteroatoms. The van der Waals surface area contributed by atoms with E-state index in [2.05, 4.69) is 10.3 Å². The van der Waals surface area contributed by atoms with E-state index in [9.17, 15) is 22.8 Å². The SMILES string of the molecule is Cc1c(C(=O)Nc2cc(C(F)(F)F)ccc2N2CCOCC2)sc2nc3n(c(=O)c12)CCCCC3. The molecule has 1 saturated heterocycles. The highest BCUT2D eigenvalue weighted by atomic mass is 32.1. The summed E-state index contributed by atoms with van der Waals surface area (Å²) in [4.78, 5) is 33.9. The summed E-state index contributed by atoms with van der Waals surface area (Å²) >= 11 is 1.10. The first kappa shape index (κ1) is 23.8. The number of benzene rings is 1. The number of hydrogen-bond donors (Lipinski definition) is 1. The Hall–Kier alpha value is -2.92. The van der Waals surface area contributed by atoms with Crippen molar-refractivity contribution >= 4 is 38.8 Å². The number of carbonyl (C=O) groups excluding carboxylic acids is 1. The highest BCUT2D eigenvalue weighted by Crippen LogP contribution is 2.37. The van der Waals surface area contributed by atoms with E-state index in [4.69, 9.17) is 4.74 Å². The molecule has 0 saturated carbocycles. The van der Waals surface area contributed by atoms with Gasteiger partial charge in [-0.3, -0.25) is 14.2 Å². The second-order valence-electron chi connectivity index (χ2n) is 8.82. The van der Waals surface area contributed by atoms with E-state index in [-0.39, 0.29) is 16.1 Å². The number of rotatable bonds is 3. The third-order valence-electron chi connectivity index (χ3n) is 6.54. The van der Waals surface area contributed by atoms with E-state index in [1.807, 2.05) is 4.90 Å². The molecule has 0 unspecified atom stereocenters. The van der Waals surface area contributed by atoms with Crippen molar-refractivity contribution in [3.8, 4) is 0 Å². The van der Waals surface area contributed by atoms with Crippen LogP contribution >= 0.6 is 11.3 Å². The monoisotopic (exact) mass is 506 g/mol. The summed E-state index contributed by atoms with van der Waals surface area (Å²) in [6, 6.07) is 3.36. The molecule has 5 rings (SSSR count). The van der Waals surface area contributed by atoms with Gasteiger partial charge in [-0.15, -0.1) is 11.3 Å². The molecule has 1 amide bonds. The van der Waals surface area contributed by atoms with Crippen LogP contribution in [0.1, 0.15) is 45.9 Å². The molecule has 0 bridgehead atoms. The fourth-order valence-corrected chi connectivity index (χ4v) is 5.78. The highest BCUT2D eigenvalue weighted by molar-refractivity contribution is 7.20. The van der Waals surface area contributed by atoms with E-state index in [1.54, 1.807) is 11.5 Å². The fraction of sp³-hybridized carbons (Fsp3) is 0.458. The minimum absolute atomic E-state index is 0.0732. The van der Waals surface area contributed by atoms with Gasteiger partial charge in [0.05, 0.1) is 40.4 Å². The van der Waals surface area contributed by atoms with Crippen LogP contribution in [0, 0.1) is 6.92 Å². The summed E-state index contributed by atoms with van der Waals surface area (Å²) < 4.78 is 47.4. The van der Waals surface area contributed by atoms with Crippen LogP contribution in [0.5, 0.6) is 0 Å². The third-order valence-corrected chi connectivity index (χ3v) is 7.73. The number of morpholine rings is 1. The predicted molar refractivity (Wildman–Crippen MR) is 129 cm³/mol. The lowest BCUT2D eigenvalue weighted by molar-refractivity contribution is -0.137. The maximum Gasteiger partial charge on any atom is 0.416 e. The van der Waals surface area contributed by atoms with Gasteiger partial charge in [0.2, 0.25) is 0 Å². The van der Waals surface area contributed by atoms with Crippen LogP contribution in [0.4, 0.5) is 24.5 Å². The Balaban J connectivity index is 1.54. The van der Waals surface area contributed by atoms with Gasteiger partial charge in [-0.2, -0.15) is 13.2 Å². The Labute approximate surface area is 203 Å². The third kappa shape index (κ3) is 4.54. The van der Waals surface area contributed by atoms with Crippen LogP contribution in [0.2, 0.25) is 0 Å². The molecule has 35 heavy (non-hydrogen) atoms. The summed E-state index contributed by atoms with van der Waals surface area (Å²) in [5, 5.41) is 3.10. The van der Waals surface area contributed by atoms with Gasteiger partial charge in [-0.1, -0.05) is 6.42 Å². The Kier molecular flexibility index (Phi) is 6.30. The number of amides is 1. The smallest absolute Gasteiger partial charge is 0.378 e. The number of ether oxygens (including phenoxy) is 1. The normalized spacial score (nSPS) is 16.7. The van der Waals surface area contributed by atoms with Crippen molar-refractivity contribution in [1.82, 2.24) is 9.55 Å². The number of fused-ring (bicyclic) bond motifs is 2. The number of halogens is 3. The minimum Gasteiger partial charge on any atom is -0.378 e. The number of aromatic nitrogens is 2. The first-order valence-corrected chi connectivity index (χ1v) is 12.4. The van der Waals surface area contributed by atoms with Crippen molar-refractivity contribution in [2.45, 2.75) is 45.3 Å². The minimum atomic E-state index is -4.55. The van der Waals surface area contributed by atoms with E-state index in [0.717, 1.165) is 48.6 Å². The average Bonchev–Trinajstić information content (AvgIpc) is 2.99. The molecule has 0 aliphatic carbocycles. The molecule has 1 N–H and O–H groups in total. The van der Waals surface area contributed by atoms with Crippen LogP contribution in [0.25, 0.3) is 10.2 Å². The maximum absolute atomic E-state index is 13.4. The first-order valence-electron chi connectivity index (χ1n) is 11.6. The van der Waals surface area contributed by atoms with Crippen LogP contribution in [-0.4, -0.2) is 41.8 Å². The van der Waals surface area contributed by atoms with Crippen molar-refractivity contribution in [2.24, 2.45) is 0 Å². The Bertz CT molecular complexity index is 1340.